The molecule has 0 spiro atoms. The fraction of sp³-hybridized carbons (Fsp3) is 0.545. The first-order chi connectivity index (χ1) is 8.95. The van der Waals surface area contributed by atoms with Crippen LogP contribution in [0.4, 0.5) is 5.69 Å². The van der Waals surface area contributed by atoms with E-state index in [0.717, 1.165) is 11.3 Å². The monoisotopic (exact) mass is 304 g/mol. The summed E-state index contributed by atoms with van der Waals surface area (Å²) in [6.07, 6.45) is 0.986. The lowest BCUT2D eigenvalue weighted by molar-refractivity contribution is -0.146. The van der Waals surface area contributed by atoms with E-state index in [1.807, 2.05) is 0 Å². The quantitative estimate of drug-likeness (QED) is 0.838. The highest BCUT2D eigenvalue weighted by Crippen LogP contribution is 2.28. The maximum absolute atomic E-state index is 12.3. The molecule has 106 valence electrons. The largest absolute Gasteiger partial charge is 0.469 e. The van der Waals surface area contributed by atoms with Gasteiger partial charge >= 0.3 is 5.97 Å². The lowest BCUT2D eigenvalue weighted by Gasteiger charge is -2.29. The van der Waals surface area contributed by atoms with Gasteiger partial charge in [-0.3, -0.25) is 4.79 Å². The Labute approximate surface area is 116 Å². The maximum Gasteiger partial charge on any atom is 0.308 e. The molecule has 0 amide bonds. The first-order valence-corrected chi connectivity index (χ1v) is 8.19. The van der Waals surface area contributed by atoms with Gasteiger partial charge in [0.2, 0.25) is 0 Å². The number of hydrogen-bond donors (Lipinski definition) is 1. The van der Waals surface area contributed by atoms with Gasteiger partial charge < -0.3 is 10.5 Å². The Balaban J connectivity index is 2.07. The summed E-state index contributed by atoms with van der Waals surface area (Å²) in [7, 11) is -2.13. The molecule has 1 aromatic heterocycles. The molecule has 0 bridgehead atoms. The van der Waals surface area contributed by atoms with Crippen LogP contribution in [0.1, 0.15) is 12.8 Å². The van der Waals surface area contributed by atoms with Gasteiger partial charge in [0.25, 0.3) is 10.0 Å². The lowest BCUT2D eigenvalue weighted by Crippen LogP contribution is -2.40. The summed E-state index contributed by atoms with van der Waals surface area (Å²) >= 11 is 1.12. The molecule has 2 rings (SSSR count). The fourth-order valence-electron chi connectivity index (χ4n) is 2.09. The van der Waals surface area contributed by atoms with Crippen LogP contribution in [0.2, 0.25) is 0 Å². The Hall–Kier alpha value is -1.12. The van der Waals surface area contributed by atoms with Crippen LogP contribution in [-0.4, -0.2) is 38.9 Å². The summed E-state index contributed by atoms with van der Waals surface area (Å²) < 4.78 is 31.0. The van der Waals surface area contributed by atoms with Crippen molar-refractivity contribution in [2.24, 2.45) is 5.92 Å². The number of carbonyl (C=O) groups is 1. The first kappa shape index (κ1) is 14.3. The lowest BCUT2D eigenvalue weighted by atomic mass is 9.99. The van der Waals surface area contributed by atoms with Gasteiger partial charge in [-0.2, -0.15) is 4.31 Å². The van der Waals surface area contributed by atoms with Crippen LogP contribution in [0.5, 0.6) is 0 Å². The molecule has 1 saturated heterocycles. The summed E-state index contributed by atoms with van der Waals surface area (Å²) in [4.78, 5) is 11.4. The van der Waals surface area contributed by atoms with Crippen molar-refractivity contribution in [1.29, 1.82) is 0 Å². The predicted octanol–water partition coefficient (Wildman–Crippen LogP) is 0.904. The number of rotatable bonds is 3. The second-order valence-corrected chi connectivity index (χ2v) is 7.48. The van der Waals surface area contributed by atoms with Crippen molar-refractivity contribution in [3.05, 3.63) is 11.4 Å². The van der Waals surface area contributed by atoms with Crippen LogP contribution < -0.4 is 5.73 Å². The molecule has 0 saturated carbocycles. The number of sulfonamides is 1. The first-order valence-electron chi connectivity index (χ1n) is 5.87. The van der Waals surface area contributed by atoms with Gasteiger partial charge in [0.05, 0.1) is 13.0 Å². The van der Waals surface area contributed by atoms with E-state index in [4.69, 9.17) is 5.73 Å². The summed E-state index contributed by atoms with van der Waals surface area (Å²) in [5.41, 5.74) is 6.00. The van der Waals surface area contributed by atoms with Crippen LogP contribution in [0.15, 0.2) is 15.7 Å². The van der Waals surface area contributed by atoms with E-state index in [0.29, 0.717) is 31.6 Å². The van der Waals surface area contributed by atoms with E-state index in [-0.39, 0.29) is 16.1 Å². The van der Waals surface area contributed by atoms with E-state index >= 15 is 0 Å². The average Bonchev–Trinajstić information content (AvgIpc) is 2.85. The molecule has 0 unspecified atom stereocenters. The topological polar surface area (TPSA) is 89.7 Å². The van der Waals surface area contributed by atoms with Gasteiger partial charge in [-0.15, -0.1) is 11.3 Å². The Morgan fingerprint density at radius 3 is 2.58 bits per heavy atom. The molecule has 1 aliphatic rings. The van der Waals surface area contributed by atoms with Crippen molar-refractivity contribution in [3.8, 4) is 0 Å². The maximum atomic E-state index is 12.3. The number of ether oxygens (including phenoxy) is 1. The predicted molar refractivity (Wildman–Crippen MR) is 72.2 cm³/mol. The van der Waals surface area contributed by atoms with Crippen molar-refractivity contribution < 1.29 is 17.9 Å². The molecule has 2 heterocycles. The minimum absolute atomic E-state index is 0.204. The van der Waals surface area contributed by atoms with Gasteiger partial charge in [0.1, 0.15) is 4.21 Å². The number of nitrogen functional groups attached to an aromatic ring is 1. The van der Waals surface area contributed by atoms with Crippen molar-refractivity contribution in [3.63, 3.8) is 0 Å². The van der Waals surface area contributed by atoms with Crippen molar-refractivity contribution >= 4 is 33.0 Å². The number of carbonyl (C=O) groups excluding carboxylic acids is 1. The Morgan fingerprint density at radius 2 is 2.11 bits per heavy atom. The number of piperidine rings is 1. The summed E-state index contributed by atoms with van der Waals surface area (Å²) in [6, 6.07) is 1.46. The van der Waals surface area contributed by atoms with Crippen molar-refractivity contribution in [2.75, 3.05) is 25.9 Å². The van der Waals surface area contributed by atoms with E-state index in [1.165, 1.54) is 17.5 Å². The van der Waals surface area contributed by atoms with Crippen molar-refractivity contribution in [2.45, 2.75) is 17.1 Å². The molecule has 19 heavy (non-hydrogen) atoms. The molecular formula is C11H16N2O4S2. The summed E-state index contributed by atoms with van der Waals surface area (Å²) in [5.74, 6) is -0.470. The zero-order chi connectivity index (χ0) is 14.0. The number of nitrogens with two attached hydrogens (primary N) is 1. The molecule has 0 atom stereocenters. The minimum atomic E-state index is -3.48. The third kappa shape index (κ3) is 2.90. The number of anilines is 1. The Morgan fingerprint density at radius 1 is 1.47 bits per heavy atom. The standard InChI is InChI=1S/C11H16N2O4S2/c1-17-11(14)8-2-4-13(5-3-8)19(15,16)10-6-9(12)7-18-10/h6-8H,2-5,12H2,1H3. The van der Waals surface area contributed by atoms with Crippen LogP contribution >= 0.6 is 11.3 Å². The fourth-order valence-corrected chi connectivity index (χ4v) is 4.79. The van der Waals surface area contributed by atoms with Gasteiger partial charge in [-0.25, -0.2) is 8.42 Å². The van der Waals surface area contributed by atoms with E-state index in [2.05, 4.69) is 4.74 Å². The number of thiophene rings is 1. The normalized spacial score (nSPS) is 18.4. The zero-order valence-electron chi connectivity index (χ0n) is 10.5. The van der Waals surface area contributed by atoms with Crippen LogP contribution in [0, 0.1) is 5.92 Å². The number of hydrogen-bond acceptors (Lipinski definition) is 6. The SMILES string of the molecule is COC(=O)C1CCN(S(=O)(=O)c2cc(N)cs2)CC1. The number of esters is 1. The molecule has 1 fully saturated rings. The average molecular weight is 304 g/mol. The third-order valence-electron chi connectivity index (χ3n) is 3.18. The highest BCUT2D eigenvalue weighted by molar-refractivity contribution is 7.91. The van der Waals surface area contributed by atoms with Crippen LogP contribution in [-0.2, 0) is 19.6 Å². The highest BCUT2D eigenvalue weighted by Gasteiger charge is 2.33. The second-order valence-electron chi connectivity index (χ2n) is 4.40. The zero-order valence-corrected chi connectivity index (χ0v) is 12.2. The highest BCUT2D eigenvalue weighted by atomic mass is 32.2. The smallest absolute Gasteiger partial charge is 0.308 e. The molecular weight excluding hydrogens is 288 g/mol. The third-order valence-corrected chi connectivity index (χ3v) is 6.51. The van der Waals surface area contributed by atoms with Gasteiger partial charge in [0.15, 0.2) is 0 Å². The van der Waals surface area contributed by atoms with E-state index in [1.54, 1.807) is 5.38 Å². The minimum Gasteiger partial charge on any atom is -0.469 e. The van der Waals surface area contributed by atoms with Gasteiger partial charge in [0, 0.05) is 24.2 Å². The van der Waals surface area contributed by atoms with E-state index in [9.17, 15) is 13.2 Å². The van der Waals surface area contributed by atoms with E-state index < -0.39 is 10.0 Å². The molecule has 0 aromatic carbocycles. The molecule has 1 aliphatic heterocycles. The van der Waals surface area contributed by atoms with Gasteiger partial charge in [-0.1, -0.05) is 0 Å². The molecule has 2 N–H and O–H groups in total. The van der Waals surface area contributed by atoms with Crippen LogP contribution in [0.3, 0.4) is 0 Å². The van der Waals surface area contributed by atoms with Crippen LogP contribution in [0.25, 0.3) is 0 Å². The number of nitrogens with zero attached hydrogens (tertiary/aromatic N) is 1. The summed E-state index contributed by atoms with van der Waals surface area (Å²) in [6.45, 7) is 0.666. The van der Waals surface area contributed by atoms with Gasteiger partial charge in [-0.05, 0) is 18.9 Å². The molecule has 8 heteroatoms. The molecule has 6 nitrogen and oxygen atoms in total. The molecule has 0 radical (unpaired) electrons. The Kier molecular flexibility index (Phi) is 4.12. The molecule has 0 aliphatic carbocycles. The van der Waals surface area contributed by atoms with Crippen molar-refractivity contribution in [1.82, 2.24) is 4.31 Å². The summed E-state index contributed by atoms with van der Waals surface area (Å²) in [5, 5.41) is 1.61. The second kappa shape index (κ2) is 5.48. The Bertz CT molecular complexity index is 559. The molecule has 1 aromatic rings. The number of methoxy groups -OCH3 is 1.